The average molecular weight is 275 g/mol. The first kappa shape index (κ1) is 13.8. The molecule has 0 radical (unpaired) electrons. The molecular formula is C16H25N3O. The van der Waals surface area contributed by atoms with Gasteiger partial charge in [-0.3, -0.25) is 14.4 Å². The number of aromatic nitrogens is 2. The normalized spacial score (nSPS) is 22.4. The largest absolute Gasteiger partial charge is 0.298 e. The Kier molecular flexibility index (Phi) is 3.92. The number of likely N-dealkylation sites (tertiary alicyclic amines) is 1. The Labute approximate surface area is 121 Å². The van der Waals surface area contributed by atoms with Gasteiger partial charge in [-0.15, -0.1) is 0 Å². The van der Waals surface area contributed by atoms with Crippen molar-refractivity contribution >= 4 is 5.78 Å². The quantitative estimate of drug-likeness (QED) is 0.828. The summed E-state index contributed by atoms with van der Waals surface area (Å²) in [6.45, 7) is 2.24. The van der Waals surface area contributed by atoms with Crippen LogP contribution in [0.3, 0.4) is 0 Å². The van der Waals surface area contributed by atoms with Crippen molar-refractivity contribution in [1.29, 1.82) is 0 Å². The Hall–Kier alpha value is -1.16. The van der Waals surface area contributed by atoms with Crippen molar-refractivity contribution in [2.75, 3.05) is 13.1 Å². The molecule has 0 atom stereocenters. The molecule has 2 fully saturated rings. The summed E-state index contributed by atoms with van der Waals surface area (Å²) in [5.41, 5.74) is 1.04. The van der Waals surface area contributed by atoms with E-state index >= 15 is 0 Å². The van der Waals surface area contributed by atoms with Gasteiger partial charge in [0.05, 0.1) is 5.54 Å². The van der Waals surface area contributed by atoms with Gasteiger partial charge in [-0.05, 0) is 51.3 Å². The first-order chi connectivity index (χ1) is 9.72. The van der Waals surface area contributed by atoms with Crippen LogP contribution in [-0.2, 0) is 18.3 Å². The fraction of sp³-hybridized carbons (Fsp3) is 0.750. The highest BCUT2D eigenvalue weighted by Gasteiger charge is 2.45. The molecule has 4 nitrogen and oxygen atoms in total. The molecule has 0 bridgehead atoms. The average Bonchev–Trinajstić information content (AvgIpc) is 3.18. The third-order valence-corrected chi connectivity index (χ3v) is 5.19. The van der Waals surface area contributed by atoms with Crippen LogP contribution in [0.4, 0.5) is 0 Å². The summed E-state index contributed by atoms with van der Waals surface area (Å²) in [6, 6.07) is 2.02. The Bertz CT molecular complexity index is 468. The monoisotopic (exact) mass is 275 g/mol. The van der Waals surface area contributed by atoms with E-state index in [0.717, 1.165) is 38.0 Å². The van der Waals surface area contributed by atoms with Gasteiger partial charge in [0.2, 0.25) is 0 Å². The van der Waals surface area contributed by atoms with Crippen molar-refractivity contribution < 1.29 is 4.79 Å². The van der Waals surface area contributed by atoms with E-state index in [1.807, 2.05) is 24.0 Å². The van der Waals surface area contributed by atoms with Crippen LogP contribution in [0.5, 0.6) is 0 Å². The maximum absolute atomic E-state index is 12.9. The van der Waals surface area contributed by atoms with E-state index in [1.165, 1.54) is 25.7 Å². The van der Waals surface area contributed by atoms with Gasteiger partial charge in [0.25, 0.3) is 0 Å². The molecule has 3 rings (SSSR count). The highest BCUT2D eigenvalue weighted by atomic mass is 16.1. The number of Topliss-reactive ketones (excluding diaryl/α,β-unsaturated/α-hetero) is 1. The number of ketones is 1. The molecule has 0 amide bonds. The van der Waals surface area contributed by atoms with Gasteiger partial charge in [0.1, 0.15) is 0 Å². The molecule has 2 aliphatic rings. The van der Waals surface area contributed by atoms with E-state index in [9.17, 15) is 4.79 Å². The van der Waals surface area contributed by atoms with Crippen LogP contribution < -0.4 is 0 Å². The van der Waals surface area contributed by atoms with Crippen LogP contribution in [0, 0.1) is 0 Å². The molecular weight excluding hydrogens is 250 g/mol. The molecule has 4 heteroatoms. The first-order valence-corrected chi connectivity index (χ1v) is 7.98. The van der Waals surface area contributed by atoms with E-state index in [0.29, 0.717) is 12.2 Å². The minimum atomic E-state index is -0.116. The molecule has 2 heterocycles. The predicted octanol–water partition coefficient (Wildman–Crippen LogP) is 2.33. The number of carbonyl (C=O) groups is 1. The van der Waals surface area contributed by atoms with E-state index in [-0.39, 0.29) is 5.54 Å². The highest BCUT2D eigenvalue weighted by molar-refractivity contribution is 5.89. The second-order valence-electron chi connectivity index (χ2n) is 6.30. The van der Waals surface area contributed by atoms with Crippen LogP contribution in [0.2, 0.25) is 0 Å². The summed E-state index contributed by atoms with van der Waals surface area (Å²) in [5.74, 6) is 0.470. The SMILES string of the molecule is Cn1nccc1CCC(=O)C1(N2CCCC2)CCCC1. The van der Waals surface area contributed by atoms with Crippen LogP contribution in [0.15, 0.2) is 12.3 Å². The van der Waals surface area contributed by atoms with E-state index < -0.39 is 0 Å². The predicted molar refractivity (Wildman–Crippen MR) is 78.5 cm³/mol. The second kappa shape index (κ2) is 5.68. The summed E-state index contributed by atoms with van der Waals surface area (Å²) >= 11 is 0. The number of carbonyl (C=O) groups excluding carboxylic acids is 1. The van der Waals surface area contributed by atoms with Crippen molar-refractivity contribution in [3.8, 4) is 0 Å². The summed E-state index contributed by atoms with van der Waals surface area (Å²) in [5, 5.41) is 4.18. The number of nitrogens with zero attached hydrogens (tertiary/aromatic N) is 3. The Morgan fingerprint density at radius 1 is 1.25 bits per heavy atom. The number of aryl methyl sites for hydroxylation is 2. The van der Waals surface area contributed by atoms with Gasteiger partial charge in [0.15, 0.2) is 5.78 Å². The minimum absolute atomic E-state index is 0.116. The van der Waals surface area contributed by atoms with E-state index in [1.54, 1.807) is 0 Å². The highest BCUT2D eigenvalue weighted by Crippen LogP contribution is 2.39. The van der Waals surface area contributed by atoms with Crippen molar-refractivity contribution in [3.05, 3.63) is 18.0 Å². The molecule has 1 aromatic heterocycles. The standard InChI is InChI=1S/C16H25N3O/c1-18-14(8-11-17-18)6-7-15(20)16(9-2-3-10-16)19-12-4-5-13-19/h8,11H,2-7,9-10,12-13H2,1H3. The lowest BCUT2D eigenvalue weighted by atomic mass is 9.87. The van der Waals surface area contributed by atoms with Crippen molar-refractivity contribution in [2.45, 2.75) is 56.9 Å². The van der Waals surface area contributed by atoms with E-state index in [2.05, 4.69) is 10.00 Å². The molecule has 0 unspecified atom stereocenters. The van der Waals surface area contributed by atoms with Crippen LogP contribution in [0.1, 0.15) is 50.6 Å². The molecule has 0 aromatic carbocycles. The molecule has 0 spiro atoms. The maximum atomic E-state index is 12.9. The topological polar surface area (TPSA) is 38.1 Å². The maximum Gasteiger partial charge on any atom is 0.153 e. The number of rotatable bonds is 5. The third kappa shape index (κ3) is 2.41. The lowest BCUT2D eigenvalue weighted by Gasteiger charge is -2.37. The molecule has 1 aliphatic carbocycles. The summed E-state index contributed by atoms with van der Waals surface area (Å²) in [4.78, 5) is 15.4. The Morgan fingerprint density at radius 2 is 1.95 bits per heavy atom. The summed E-state index contributed by atoms with van der Waals surface area (Å²) in [6.07, 6.45) is 10.4. The van der Waals surface area contributed by atoms with Gasteiger partial charge in [-0.1, -0.05) is 12.8 Å². The fourth-order valence-corrected chi connectivity index (χ4v) is 4.00. The number of hydrogen-bond acceptors (Lipinski definition) is 3. The van der Waals surface area contributed by atoms with Crippen molar-refractivity contribution in [2.24, 2.45) is 7.05 Å². The van der Waals surface area contributed by atoms with Crippen molar-refractivity contribution in [1.82, 2.24) is 14.7 Å². The lowest BCUT2D eigenvalue weighted by molar-refractivity contribution is -0.130. The van der Waals surface area contributed by atoms with Gasteiger partial charge in [-0.2, -0.15) is 5.10 Å². The molecule has 20 heavy (non-hydrogen) atoms. The summed E-state index contributed by atoms with van der Waals surface area (Å²) < 4.78 is 1.88. The molecule has 110 valence electrons. The zero-order valence-electron chi connectivity index (χ0n) is 12.5. The van der Waals surface area contributed by atoms with Crippen molar-refractivity contribution in [3.63, 3.8) is 0 Å². The zero-order chi connectivity index (χ0) is 14.0. The van der Waals surface area contributed by atoms with E-state index in [4.69, 9.17) is 0 Å². The number of hydrogen-bond donors (Lipinski definition) is 0. The molecule has 1 saturated carbocycles. The Morgan fingerprint density at radius 3 is 2.55 bits per heavy atom. The molecule has 0 N–H and O–H groups in total. The van der Waals surface area contributed by atoms with Crippen LogP contribution >= 0.6 is 0 Å². The molecule has 1 aliphatic heterocycles. The fourth-order valence-electron chi connectivity index (χ4n) is 4.00. The third-order valence-electron chi connectivity index (χ3n) is 5.19. The molecule has 1 aromatic rings. The van der Waals surface area contributed by atoms with Gasteiger partial charge in [-0.25, -0.2) is 0 Å². The minimum Gasteiger partial charge on any atom is -0.298 e. The smallest absolute Gasteiger partial charge is 0.153 e. The molecule has 1 saturated heterocycles. The van der Waals surface area contributed by atoms with Crippen LogP contribution in [-0.4, -0.2) is 39.1 Å². The first-order valence-electron chi connectivity index (χ1n) is 7.98. The van der Waals surface area contributed by atoms with Gasteiger partial charge >= 0.3 is 0 Å². The van der Waals surface area contributed by atoms with Crippen LogP contribution in [0.25, 0.3) is 0 Å². The lowest BCUT2D eigenvalue weighted by Crippen LogP contribution is -2.51. The Balaban J connectivity index is 1.68. The second-order valence-corrected chi connectivity index (χ2v) is 6.30. The zero-order valence-corrected chi connectivity index (χ0v) is 12.5. The van der Waals surface area contributed by atoms with Gasteiger partial charge in [0, 0.05) is 25.4 Å². The summed E-state index contributed by atoms with van der Waals surface area (Å²) in [7, 11) is 1.95. The van der Waals surface area contributed by atoms with Gasteiger partial charge < -0.3 is 0 Å².